The smallest absolute Gasteiger partial charge is 0.335 e. The van der Waals surface area contributed by atoms with E-state index in [1.165, 1.54) is 5.56 Å². The molecule has 0 aliphatic rings. The number of rotatable bonds is 8. The van der Waals surface area contributed by atoms with Crippen LogP contribution in [0, 0.1) is 0 Å². The van der Waals surface area contributed by atoms with Crippen LogP contribution in [0.15, 0.2) is 42.5 Å². The Hall–Kier alpha value is -1.54. The molecule has 0 saturated carbocycles. The summed E-state index contributed by atoms with van der Waals surface area (Å²) in [5.41, 5.74) is 2.65. The molecule has 1 rings (SSSR count). The summed E-state index contributed by atoms with van der Waals surface area (Å²) in [6.07, 6.45) is 5.10. The highest BCUT2D eigenvalue weighted by molar-refractivity contribution is 6.50. The Bertz CT molecular complexity index is 500. The zero-order chi connectivity index (χ0) is 15.7. The highest BCUT2D eigenvalue weighted by Crippen LogP contribution is 2.27. The van der Waals surface area contributed by atoms with Crippen LogP contribution in [-0.2, 0) is 16.0 Å². The van der Waals surface area contributed by atoms with E-state index < -0.39 is 0 Å². The van der Waals surface area contributed by atoms with Crippen molar-refractivity contribution in [3.05, 3.63) is 53.6 Å². The third-order valence-electron chi connectivity index (χ3n) is 3.24. The second-order valence-electron chi connectivity index (χ2n) is 4.74. The van der Waals surface area contributed by atoms with Crippen LogP contribution >= 0.6 is 11.6 Å². The number of carbonyl (C=O) groups is 1. The number of allylic oxidation sites excluding steroid dienone is 1. The molecule has 3 heteroatoms. The molecule has 0 amide bonds. The molecule has 0 aliphatic carbocycles. The molecular formula is C18H23ClO2. The van der Waals surface area contributed by atoms with Crippen molar-refractivity contribution < 1.29 is 9.53 Å². The Kier molecular flexibility index (Phi) is 7.84. The number of hydrogen-bond acceptors (Lipinski definition) is 2. The molecule has 0 spiro atoms. The first-order valence-corrected chi connectivity index (χ1v) is 7.77. The minimum atomic E-state index is -0.328. The predicted octanol–water partition coefficient (Wildman–Crippen LogP) is 5.12. The number of benzene rings is 1. The van der Waals surface area contributed by atoms with Crippen molar-refractivity contribution in [2.45, 2.75) is 39.5 Å². The predicted molar refractivity (Wildman–Crippen MR) is 89.3 cm³/mol. The fourth-order valence-corrected chi connectivity index (χ4v) is 2.30. The molecule has 0 aliphatic heterocycles. The summed E-state index contributed by atoms with van der Waals surface area (Å²) in [6.45, 7) is 7.94. The van der Waals surface area contributed by atoms with Gasteiger partial charge in [-0.25, -0.2) is 4.79 Å². The van der Waals surface area contributed by atoms with Crippen LogP contribution in [0.25, 0.3) is 5.03 Å². The monoisotopic (exact) mass is 306 g/mol. The van der Waals surface area contributed by atoms with Crippen LogP contribution in [0.1, 0.15) is 44.2 Å². The molecule has 0 fully saturated rings. The summed E-state index contributed by atoms with van der Waals surface area (Å²) in [5.74, 6) is -0.328. The summed E-state index contributed by atoms with van der Waals surface area (Å²) in [7, 11) is 0. The van der Waals surface area contributed by atoms with Gasteiger partial charge in [0.25, 0.3) is 0 Å². The summed E-state index contributed by atoms with van der Waals surface area (Å²) in [4.78, 5) is 12.1. The van der Waals surface area contributed by atoms with Crippen molar-refractivity contribution in [2.24, 2.45) is 0 Å². The highest BCUT2D eigenvalue weighted by atomic mass is 35.5. The second kappa shape index (κ2) is 9.41. The fraction of sp³-hybridized carbons (Fsp3) is 0.389. The third-order valence-corrected chi connectivity index (χ3v) is 3.68. The number of ether oxygens (including phenoxy) is 1. The Balaban J connectivity index is 3.04. The number of unbranched alkanes of at least 4 members (excludes halogenated alkanes) is 1. The number of esters is 1. The first-order valence-electron chi connectivity index (χ1n) is 7.40. The van der Waals surface area contributed by atoms with Crippen LogP contribution in [0.3, 0.4) is 0 Å². The number of carbonyl (C=O) groups excluding carboxylic acids is 1. The van der Waals surface area contributed by atoms with Crippen molar-refractivity contribution in [1.82, 2.24) is 0 Å². The first kappa shape index (κ1) is 17.5. The zero-order valence-corrected chi connectivity index (χ0v) is 13.6. The van der Waals surface area contributed by atoms with Crippen molar-refractivity contribution >= 4 is 22.6 Å². The maximum Gasteiger partial charge on any atom is 0.335 e. The van der Waals surface area contributed by atoms with Gasteiger partial charge in [0.15, 0.2) is 0 Å². The normalized spacial score (nSPS) is 11.8. The standard InChI is InChI=1S/C18H23ClO2/c1-4-7-8-9-16(18(20)21-6-3)17(19)15-12-10-14(5-2)11-13-15/h4,10-13H,1,5-9H2,2-3H3/b17-16-. The van der Waals surface area contributed by atoms with Gasteiger partial charge in [-0.3, -0.25) is 0 Å². The Labute approximate surface area is 132 Å². The van der Waals surface area contributed by atoms with Crippen LogP contribution < -0.4 is 0 Å². The number of hydrogen-bond donors (Lipinski definition) is 0. The van der Waals surface area contributed by atoms with Gasteiger partial charge in [-0.15, -0.1) is 6.58 Å². The van der Waals surface area contributed by atoms with E-state index in [2.05, 4.69) is 13.5 Å². The topological polar surface area (TPSA) is 26.3 Å². The quantitative estimate of drug-likeness (QED) is 0.288. The van der Waals surface area contributed by atoms with Crippen LogP contribution in [0.4, 0.5) is 0 Å². The van der Waals surface area contributed by atoms with E-state index in [4.69, 9.17) is 16.3 Å². The largest absolute Gasteiger partial charge is 0.463 e. The Morgan fingerprint density at radius 2 is 1.95 bits per heavy atom. The van der Waals surface area contributed by atoms with Crippen LogP contribution in [0.5, 0.6) is 0 Å². The lowest BCUT2D eigenvalue weighted by molar-refractivity contribution is -0.138. The van der Waals surface area contributed by atoms with Crippen molar-refractivity contribution in [1.29, 1.82) is 0 Å². The van der Waals surface area contributed by atoms with Gasteiger partial charge in [0.05, 0.1) is 17.2 Å². The molecule has 114 valence electrons. The molecule has 21 heavy (non-hydrogen) atoms. The van der Waals surface area contributed by atoms with Crippen molar-refractivity contribution in [3.8, 4) is 0 Å². The molecule has 0 N–H and O–H groups in total. The average molecular weight is 307 g/mol. The van der Waals surface area contributed by atoms with Crippen LogP contribution in [0.2, 0.25) is 0 Å². The van der Waals surface area contributed by atoms with Gasteiger partial charge in [-0.1, -0.05) is 48.9 Å². The summed E-state index contributed by atoms with van der Waals surface area (Å²) < 4.78 is 5.12. The second-order valence-corrected chi connectivity index (χ2v) is 5.12. The maximum absolute atomic E-state index is 12.1. The summed E-state index contributed by atoms with van der Waals surface area (Å²) in [6, 6.07) is 7.97. The van der Waals surface area contributed by atoms with Gasteiger partial charge >= 0.3 is 5.97 Å². The van der Waals surface area contributed by atoms with E-state index in [1.54, 1.807) is 6.92 Å². The van der Waals surface area contributed by atoms with Gasteiger partial charge in [0.2, 0.25) is 0 Å². The minimum Gasteiger partial charge on any atom is -0.463 e. The minimum absolute atomic E-state index is 0.328. The molecule has 0 atom stereocenters. The number of aryl methyl sites for hydroxylation is 1. The highest BCUT2D eigenvalue weighted by Gasteiger charge is 2.16. The lowest BCUT2D eigenvalue weighted by Gasteiger charge is -2.10. The molecule has 0 saturated heterocycles. The van der Waals surface area contributed by atoms with E-state index >= 15 is 0 Å². The molecule has 2 nitrogen and oxygen atoms in total. The van der Waals surface area contributed by atoms with E-state index in [0.717, 1.165) is 24.8 Å². The first-order chi connectivity index (χ1) is 10.1. The van der Waals surface area contributed by atoms with Gasteiger partial charge < -0.3 is 4.74 Å². The Morgan fingerprint density at radius 3 is 2.48 bits per heavy atom. The maximum atomic E-state index is 12.1. The molecule has 1 aromatic carbocycles. The van der Waals surface area contributed by atoms with Gasteiger partial charge in [0, 0.05) is 0 Å². The van der Waals surface area contributed by atoms with Gasteiger partial charge in [-0.2, -0.15) is 0 Å². The lowest BCUT2D eigenvalue weighted by Crippen LogP contribution is -2.09. The fourth-order valence-electron chi connectivity index (χ4n) is 2.00. The molecular weight excluding hydrogens is 284 g/mol. The van der Waals surface area contributed by atoms with E-state index in [9.17, 15) is 4.79 Å². The van der Waals surface area contributed by atoms with Gasteiger partial charge in [-0.05, 0) is 43.7 Å². The van der Waals surface area contributed by atoms with E-state index in [1.807, 2.05) is 30.3 Å². The molecule has 0 heterocycles. The van der Waals surface area contributed by atoms with E-state index in [-0.39, 0.29) is 5.97 Å². The zero-order valence-electron chi connectivity index (χ0n) is 12.8. The number of halogens is 1. The summed E-state index contributed by atoms with van der Waals surface area (Å²) in [5, 5.41) is 0.486. The summed E-state index contributed by atoms with van der Waals surface area (Å²) >= 11 is 6.43. The lowest BCUT2D eigenvalue weighted by atomic mass is 10.0. The third kappa shape index (κ3) is 5.39. The van der Waals surface area contributed by atoms with Gasteiger partial charge in [0.1, 0.15) is 0 Å². The van der Waals surface area contributed by atoms with Crippen molar-refractivity contribution in [3.63, 3.8) is 0 Å². The molecule has 0 radical (unpaired) electrons. The van der Waals surface area contributed by atoms with Crippen LogP contribution in [-0.4, -0.2) is 12.6 Å². The van der Waals surface area contributed by atoms with Crippen molar-refractivity contribution in [2.75, 3.05) is 6.61 Å². The Morgan fingerprint density at radius 1 is 1.29 bits per heavy atom. The molecule has 0 aromatic heterocycles. The molecule has 1 aromatic rings. The van der Waals surface area contributed by atoms with E-state index in [0.29, 0.717) is 23.6 Å². The average Bonchev–Trinajstić information content (AvgIpc) is 2.51. The molecule has 0 unspecified atom stereocenters. The molecule has 0 bridgehead atoms. The SMILES string of the molecule is C=CCCC/C(C(=O)OCC)=C(/Cl)c1ccc(CC)cc1.